The van der Waals surface area contributed by atoms with Crippen molar-refractivity contribution >= 4 is 22.8 Å². The second kappa shape index (κ2) is 8.26. The topological polar surface area (TPSA) is 109 Å². The number of nitrogens with one attached hydrogen (secondary N) is 1. The highest BCUT2D eigenvalue weighted by atomic mass is 16.5. The van der Waals surface area contributed by atoms with Crippen molar-refractivity contribution in [3.63, 3.8) is 0 Å². The summed E-state index contributed by atoms with van der Waals surface area (Å²) in [7, 11) is 0. The van der Waals surface area contributed by atoms with Crippen molar-refractivity contribution in [3.8, 4) is 5.75 Å². The van der Waals surface area contributed by atoms with Crippen LogP contribution in [0.25, 0.3) is 11.0 Å². The molecule has 160 valence electrons. The second-order valence-electron chi connectivity index (χ2n) is 7.70. The minimum Gasteiger partial charge on any atom is -0.548 e. The Kier molecular flexibility index (Phi) is 5.50. The van der Waals surface area contributed by atoms with E-state index in [-0.39, 0.29) is 5.63 Å². The fourth-order valence-corrected chi connectivity index (χ4v) is 4.02. The minimum absolute atomic E-state index is 0.328. The number of aryl methyl sites for hydroxylation is 2. The molecule has 1 aliphatic carbocycles. The van der Waals surface area contributed by atoms with E-state index >= 15 is 0 Å². The Hall–Kier alpha value is -3.61. The Morgan fingerprint density at radius 2 is 1.81 bits per heavy atom. The van der Waals surface area contributed by atoms with E-state index in [1.807, 2.05) is 6.07 Å². The van der Waals surface area contributed by atoms with Gasteiger partial charge in [-0.05, 0) is 56.4 Å². The van der Waals surface area contributed by atoms with E-state index in [9.17, 15) is 19.5 Å². The third-order valence-corrected chi connectivity index (χ3v) is 5.67. The summed E-state index contributed by atoms with van der Waals surface area (Å²) in [6.07, 6.45) is 1.50. The average Bonchev–Trinajstić information content (AvgIpc) is 3.25. The number of hydrogen-bond donors (Lipinski definition) is 1. The molecule has 7 nitrogen and oxygen atoms in total. The highest BCUT2D eigenvalue weighted by molar-refractivity contribution is 5.88. The van der Waals surface area contributed by atoms with Crippen molar-refractivity contribution in [2.75, 3.05) is 0 Å². The molecule has 1 aromatic heterocycles. The number of benzene rings is 2. The van der Waals surface area contributed by atoms with Crippen molar-refractivity contribution < 1.29 is 23.8 Å². The monoisotopic (exact) mass is 420 g/mol. The third-order valence-electron chi connectivity index (χ3n) is 5.67. The van der Waals surface area contributed by atoms with Crippen LogP contribution in [0, 0.1) is 6.92 Å². The van der Waals surface area contributed by atoms with Crippen LogP contribution in [0.15, 0.2) is 51.7 Å². The van der Waals surface area contributed by atoms with Crippen molar-refractivity contribution in [2.24, 2.45) is 0 Å². The molecule has 0 unspecified atom stereocenters. The molecule has 0 saturated heterocycles. The number of carbonyl (C=O) groups is 2. The van der Waals surface area contributed by atoms with Crippen molar-refractivity contribution in [2.45, 2.75) is 45.3 Å². The standard InChI is InChI=1S/C24H23NO6/c1-13-19(12-11-17-16-9-6-10-18(16)24(29)31-21(13)17)30-14(2)22(26)25-20(23(27)28)15-7-4-3-5-8-15/h3-5,7-8,11-12,14,20H,6,9-10H2,1-2H3,(H,25,26)(H,27,28)/p-1/t14-,20-/m0/s1. The molecule has 7 heteroatoms. The number of carbonyl (C=O) groups excluding carboxylic acids is 2. The van der Waals surface area contributed by atoms with Gasteiger partial charge in [-0.2, -0.15) is 0 Å². The maximum atomic E-state index is 12.6. The van der Waals surface area contributed by atoms with Crippen LogP contribution in [0.5, 0.6) is 5.75 Å². The van der Waals surface area contributed by atoms with Gasteiger partial charge in [-0.1, -0.05) is 30.3 Å². The highest BCUT2D eigenvalue weighted by Gasteiger charge is 2.24. The van der Waals surface area contributed by atoms with E-state index in [4.69, 9.17) is 9.15 Å². The molecule has 4 rings (SSSR count). The number of aliphatic carboxylic acids is 1. The number of hydrogen-bond acceptors (Lipinski definition) is 6. The Balaban J connectivity index is 1.56. The van der Waals surface area contributed by atoms with E-state index in [0.29, 0.717) is 22.5 Å². The fraction of sp³-hybridized carbons (Fsp3) is 0.292. The number of fused-ring (bicyclic) bond motifs is 3. The molecule has 2 aromatic carbocycles. The largest absolute Gasteiger partial charge is 0.548 e. The summed E-state index contributed by atoms with van der Waals surface area (Å²) in [5.41, 5.74) is 2.90. The molecule has 0 radical (unpaired) electrons. The predicted molar refractivity (Wildman–Crippen MR) is 112 cm³/mol. The zero-order valence-electron chi connectivity index (χ0n) is 17.3. The first kappa shape index (κ1) is 20.7. The van der Waals surface area contributed by atoms with E-state index in [0.717, 1.165) is 35.8 Å². The minimum atomic E-state index is -1.41. The van der Waals surface area contributed by atoms with E-state index in [1.54, 1.807) is 43.3 Å². The normalized spacial score (nSPS) is 14.6. The van der Waals surface area contributed by atoms with Crippen molar-refractivity contribution in [3.05, 3.63) is 75.1 Å². The maximum Gasteiger partial charge on any atom is 0.339 e. The molecule has 0 fully saturated rings. The van der Waals surface area contributed by atoms with Crippen LogP contribution >= 0.6 is 0 Å². The Labute approximate surface area is 178 Å². The molecule has 0 aliphatic heterocycles. The summed E-state index contributed by atoms with van der Waals surface area (Å²) in [4.78, 5) is 36.5. The van der Waals surface area contributed by atoms with Crippen LogP contribution in [0.2, 0.25) is 0 Å². The van der Waals surface area contributed by atoms with Crippen molar-refractivity contribution in [1.82, 2.24) is 5.32 Å². The van der Waals surface area contributed by atoms with Gasteiger partial charge in [0.15, 0.2) is 6.10 Å². The summed E-state index contributed by atoms with van der Waals surface area (Å²) in [6, 6.07) is 10.6. The highest BCUT2D eigenvalue weighted by Crippen LogP contribution is 2.33. The molecule has 3 aromatic rings. The molecule has 0 spiro atoms. The van der Waals surface area contributed by atoms with E-state index < -0.39 is 24.0 Å². The SMILES string of the molecule is Cc1c(O[C@@H](C)C(=O)N[C@H](C(=O)[O-])c2ccccc2)ccc2c3c(c(=O)oc12)CCC3. The van der Waals surface area contributed by atoms with Gasteiger partial charge in [0, 0.05) is 16.5 Å². The molecule has 0 bridgehead atoms. The first-order valence-electron chi connectivity index (χ1n) is 10.2. The van der Waals surface area contributed by atoms with Crippen LogP contribution in [0.3, 0.4) is 0 Å². The number of amides is 1. The lowest BCUT2D eigenvalue weighted by Gasteiger charge is -2.23. The predicted octanol–water partition coefficient (Wildman–Crippen LogP) is 1.96. The molecular formula is C24H22NO6-. The molecule has 1 heterocycles. The van der Waals surface area contributed by atoms with Gasteiger partial charge in [0.1, 0.15) is 11.3 Å². The zero-order chi connectivity index (χ0) is 22.1. The first-order valence-corrected chi connectivity index (χ1v) is 10.2. The number of carboxylic acid groups (broad SMARTS) is 1. The van der Waals surface area contributed by atoms with Gasteiger partial charge in [-0.3, -0.25) is 4.79 Å². The van der Waals surface area contributed by atoms with Crippen LogP contribution in [0.4, 0.5) is 0 Å². The molecule has 1 aliphatic rings. The summed E-state index contributed by atoms with van der Waals surface area (Å²) in [5.74, 6) is -1.63. The lowest BCUT2D eigenvalue weighted by atomic mass is 10.0. The quantitative estimate of drug-likeness (QED) is 0.611. The summed E-state index contributed by atoms with van der Waals surface area (Å²) < 4.78 is 11.4. The third kappa shape index (κ3) is 3.91. The van der Waals surface area contributed by atoms with Gasteiger partial charge >= 0.3 is 5.63 Å². The van der Waals surface area contributed by atoms with E-state index in [1.165, 1.54) is 6.92 Å². The fourth-order valence-electron chi connectivity index (χ4n) is 4.02. The Bertz CT molecular complexity index is 1210. The van der Waals surface area contributed by atoms with E-state index in [2.05, 4.69) is 5.32 Å². The van der Waals surface area contributed by atoms with Crippen molar-refractivity contribution in [1.29, 1.82) is 0 Å². The molecule has 1 N–H and O–H groups in total. The number of ether oxygens (including phenoxy) is 1. The summed E-state index contributed by atoms with van der Waals surface area (Å²) in [6.45, 7) is 3.29. The maximum absolute atomic E-state index is 12.6. The molecule has 1 amide bonds. The summed E-state index contributed by atoms with van der Waals surface area (Å²) >= 11 is 0. The molecule has 31 heavy (non-hydrogen) atoms. The van der Waals surface area contributed by atoms with Crippen LogP contribution in [-0.2, 0) is 22.4 Å². The average molecular weight is 420 g/mol. The summed E-state index contributed by atoms with van der Waals surface area (Å²) in [5, 5.41) is 14.9. The number of rotatable bonds is 6. The first-order chi connectivity index (χ1) is 14.9. The lowest BCUT2D eigenvalue weighted by Crippen LogP contribution is -2.45. The lowest BCUT2D eigenvalue weighted by molar-refractivity contribution is -0.308. The van der Waals surface area contributed by atoms with Crippen LogP contribution in [-0.4, -0.2) is 18.0 Å². The smallest absolute Gasteiger partial charge is 0.339 e. The zero-order valence-corrected chi connectivity index (χ0v) is 17.3. The Morgan fingerprint density at radius 1 is 1.10 bits per heavy atom. The molecular weight excluding hydrogens is 398 g/mol. The van der Waals surface area contributed by atoms with Gasteiger partial charge < -0.3 is 24.4 Å². The van der Waals surface area contributed by atoms with Gasteiger partial charge in [0.2, 0.25) is 0 Å². The van der Waals surface area contributed by atoms with Crippen LogP contribution < -0.4 is 20.8 Å². The molecule has 2 atom stereocenters. The second-order valence-corrected chi connectivity index (χ2v) is 7.70. The van der Waals surface area contributed by atoms with Gasteiger partial charge in [-0.25, -0.2) is 4.79 Å². The Morgan fingerprint density at radius 3 is 2.52 bits per heavy atom. The number of carboxylic acids is 1. The molecule has 0 saturated carbocycles. The van der Waals surface area contributed by atoms with Gasteiger partial charge in [0.25, 0.3) is 5.91 Å². The van der Waals surface area contributed by atoms with Gasteiger partial charge in [0.05, 0.1) is 12.0 Å². The van der Waals surface area contributed by atoms with Crippen LogP contribution in [0.1, 0.15) is 41.6 Å². The van der Waals surface area contributed by atoms with Gasteiger partial charge in [-0.15, -0.1) is 0 Å².